The molecule has 0 spiro atoms. The number of piperidine rings is 1. The van der Waals surface area contributed by atoms with Crippen molar-refractivity contribution in [2.75, 3.05) is 20.2 Å². The zero-order valence-corrected chi connectivity index (χ0v) is 18.7. The Hall–Kier alpha value is -2.46. The zero-order valence-electron chi connectivity index (χ0n) is 17.9. The number of benzene rings is 2. The van der Waals surface area contributed by atoms with E-state index in [4.69, 9.17) is 14.4 Å². The molecule has 2 aromatic rings. The lowest BCUT2D eigenvalue weighted by Gasteiger charge is -2.38. The molecule has 1 amide bonds. The second-order valence-electron chi connectivity index (χ2n) is 7.49. The molecular formula is C22H30N2O6S. The number of rotatable bonds is 5. The minimum absolute atomic E-state index is 0.0666. The Morgan fingerprint density at radius 1 is 1.16 bits per heavy atom. The second kappa shape index (κ2) is 11.2. The van der Waals surface area contributed by atoms with Crippen molar-refractivity contribution >= 4 is 16.2 Å². The molecule has 1 unspecified atom stereocenters. The van der Waals surface area contributed by atoms with Crippen LogP contribution in [0.15, 0.2) is 59.5 Å². The Kier molecular flexibility index (Phi) is 9.00. The Morgan fingerprint density at radius 3 is 2.29 bits per heavy atom. The van der Waals surface area contributed by atoms with E-state index in [9.17, 15) is 13.2 Å². The van der Waals surface area contributed by atoms with Crippen LogP contribution in [0.4, 0.5) is 4.79 Å². The molecule has 3 N–H and O–H groups in total. The molecule has 0 aliphatic carbocycles. The summed E-state index contributed by atoms with van der Waals surface area (Å²) < 4.78 is 35.0. The Labute approximate surface area is 183 Å². The number of ether oxygens (including phenoxy) is 1. The van der Waals surface area contributed by atoms with Gasteiger partial charge in [0.15, 0.2) is 0 Å². The van der Waals surface area contributed by atoms with Crippen molar-refractivity contribution in [3.05, 3.63) is 65.7 Å². The van der Waals surface area contributed by atoms with Crippen molar-refractivity contribution in [2.24, 2.45) is 0 Å². The molecule has 9 heteroatoms. The molecule has 3 atom stereocenters. The number of amides is 1. The van der Waals surface area contributed by atoms with Gasteiger partial charge in [0.1, 0.15) is 0 Å². The van der Waals surface area contributed by atoms with Crippen LogP contribution in [0, 0.1) is 6.92 Å². The molecule has 1 aliphatic rings. The topological polar surface area (TPSA) is 116 Å². The van der Waals surface area contributed by atoms with Crippen LogP contribution < -0.4 is 5.32 Å². The molecule has 1 saturated heterocycles. The standard InChI is InChI=1S/C15H22N2O3.C7H8O3S/c1-11(12-6-4-3-5-7-12)16-13-8-9-17(15(18)19)10-14(13)20-2;1-6-2-4-7(5-3-6)11(8,9)10/h3-7,11,13-14,16H,8-10H2,1-2H3,(H,18,19);2-5H,1H3,(H,8,9,10)/t11?,13-,14+;/m1./s1. The van der Waals surface area contributed by atoms with E-state index in [-0.39, 0.29) is 23.1 Å². The summed E-state index contributed by atoms with van der Waals surface area (Å²) in [6, 6.07) is 16.6. The third-order valence-electron chi connectivity index (χ3n) is 5.21. The maximum absolute atomic E-state index is 11.0. The summed E-state index contributed by atoms with van der Waals surface area (Å²) in [5.74, 6) is 0. The van der Waals surface area contributed by atoms with Crippen LogP contribution >= 0.6 is 0 Å². The van der Waals surface area contributed by atoms with Gasteiger partial charge in [-0.15, -0.1) is 0 Å². The van der Waals surface area contributed by atoms with E-state index in [1.54, 1.807) is 19.2 Å². The lowest BCUT2D eigenvalue weighted by molar-refractivity contribution is 0.00701. The van der Waals surface area contributed by atoms with Gasteiger partial charge in [0.2, 0.25) is 0 Å². The summed E-state index contributed by atoms with van der Waals surface area (Å²) in [7, 11) is -2.38. The van der Waals surface area contributed by atoms with Crippen LogP contribution in [0.3, 0.4) is 0 Å². The smallest absolute Gasteiger partial charge is 0.407 e. The second-order valence-corrected chi connectivity index (χ2v) is 8.91. The van der Waals surface area contributed by atoms with Crippen LogP contribution in [0.25, 0.3) is 0 Å². The molecule has 31 heavy (non-hydrogen) atoms. The number of likely N-dealkylation sites (tertiary alicyclic amines) is 1. The number of aryl methyl sites for hydroxylation is 1. The number of hydrogen-bond acceptors (Lipinski definition) is 5. The van der Waals surface area contributed by atoms with E-state index >= 15 is 0 Å². The molecule has 170 valence electrons. The Bertz CT molecular complexity index is 934. The summed E-state index contributed by atoms with van der Waals surface area (Å²) in [5, 5.41) is 12.6. The van der Waals surface area contributed by atoms with Gasteiger partial charge in [-0.05, 0) is 38.0 Å². The van der Waals surface area contributed by atoms with Gasteiger partial charge in [0.25, 0.3) is 10.1 Å². The fraction of sp³-hybridized carbons (Fsp3) is 0.409. The van der Waals surface area contributed by atoms with E-state index in [2.05, 4.69) is 24.4 Å². The summed E-state index contributed by atoms with van der Waals surface area (Å²) in [4.78, 5) is 12.4. The lowest BCUT2D eigenvalue weighted by atomic mass is 9.99. The normalized spacial score (nSPS) is 19.8. The van der Waals surface area contributed by atoms with Gasteiger partial charge in [-0.3, -0.25) is 4.55 Å². The van der Waals surface area contributed by atoms with Gasteiger partial charge in [-0.2, -0.15) is 8.42 Å². The van der Waals surface area contributed by atoms with Gasteiger partial charge in [-0.1, -0.05) is 48.0 Å². The highest BCUT2D eigenvalue weighted by Gasteiger charge is 2.32. The van der Waals surface area contributed by atoms with Crippen LogP contribution in [0.1, 0.15) is 30.5 Å². The van der Waals surface area contributed by atoms with Gasteiger partial charge in [0.05, 0.1) is 17.5 Å². The van der Waals surface area contributed by atoms with Crippen molar-refractivity contribution < 1.29 is 27.6 Å². The first-order valence-corrected chi connectivity index (χ1v) is 11.4. The van der Waals surface area contributed by atoms with E-state index in [1.807, 2.05) is 25.1 Å². The predicted octanol–water partition coefficient (Wildman–Crippen LogP) is 3.35. The first-order chi connectivity index (χ1) is 14.6. The number of carboxylic acid groups (broad SMARTS) is 1. The van der Waals surface area contributed by atoms with E-state index < -0.39 is 16.2 Å². The average molecular weight is 451 g/mol. The van der Waals surface area contributed by atoms with E-state index in [1.165, 1.54) is 22.6 Å². The van der Waals surface area contributed by atoms with Crippen LogP contribution in [0.5, 0.6) is 0 Å². The molecule has 3 rings (SSSR count). The van der Waals surface area contributed by atoms with Crippen molar-refractivity contribution in [2.45, 2.75) is 43.4 Å². The highest BCUT2D eigenvalue weighted by Crippen LogP contribution is 2.19. The quantitative estimate of drug-likeness (QED) is 0.598. The lowest BCUT2D eigenvalue weighted by Crippen LogP contribution is -2.54. The number of hydrogen-bond donors (Lipinski definition) is 3. The number of nitrogens with zero attached hydrogens (tertiary/aromatic N) is 1. The summed E-state index contributed by atoms with van der Waals surface area (Å²) in [5.41, 5.74) is 2.18. The molecule has 0 radical (unpaired) electrons. The summed E-state index contributed by atoms with van der Waals surface area (Å²) in [6.07, 6.45) is -0.213. The number of carbonyl (C=O) groups is 1. The largest absolute Gasteiger partial charge is 0.465 e. The summed E-state index contributed by atoms with van der Waals surface area (Å²) in [6.45, 7) is 4.93. The van der Waals surface area contributed by atoms with Crippen molar-refractivity contribution in [1.29, 1.82) is 0 Å². The molecular weight excluding hydrogens is 420 g/mol. The molecule has 8 nitrogen and oxygen atoms in total. The van der Waals surface area contributed by atoms with Crippen molar-refractivity contribution in [1.82, 2.24) is 10.2 Å². The van der Waals surface area contributed by atoms with E-state index in [0.29, 0.717) is 13.1 Å². The molecule has 0 saturated carbocycles. The first-order valence-electron chi connectivity index (χ1n) is 9.97. The van der Waals surface area contributed by atoms with Gasteiger partial charge >= 0.3 is 6.09 Å². The molecule has 1 aliphatic heterocycles. The van der Waals surface area contributed by atoms with Crippen molar-refractivity contribution in [3.8, 4) is 0 Å². The zero-order chi connectivity index (χ0) is 23.0. The number of methoxy groups -OCH3 is 1. The van der Waals surface area contributed by atoms with Crippen LogP contribution in [0.2, 0.25) is 0 Å². The maximum atomic E-state index is 11.0. The van der Waals surface area contributed by atoms with Gasteiger partial charge in [0, 0.05) is 25.7 Å². The first kappa shape index (κ1) is 24.8. The SMILES string of the molecule is CO[C@H]1CN(C(=O)O)CC[C@H]1NC(C)c1ccccc1.Cc1ccc(S(=O)(=O)O)cc1. The van der Waals surface area contributed by atoms with Crippen LogP contribution in [-0.4, -0.2) is 61.4 Å². The minimum Gasteiger partial charge on any atom is -0.465 e. The Morgan fingerprint density at radius 2 is 1.77 bits per heavy atom. The van der Waals surface area contributed by atoms with Crippen molar-refractivity contribution in [3.63, 3.8) is 0 Å². The molecule has 1 heterocycles. The monoisotopic (exact) mass is 450 g/mol. The molecule has 0 bridgehead atoms. The van der Waals surface area contributed by atoms with Crippen LogP contribution in [-0.2, 0) is 14.9 Å². The highest BCUT2D eigenvalue weighted by atomic mass is 32.2. The highest BCUT2D eigenvalue weighted by molar-refractivity contribution is 7.85. The third-order valence-corrected chi connectivity index (χ3v) is 6.08. The van der Waals surface area contributed by atoms with Gasteiger partial charge in [-0.25, -0.2) is 4.79 Å². The fourth-order valence-corrected chi connectivity index (χ4v) is 3.87. The maximum Gasteiger partial charge on any atom is 0.407 e. The molecule has 2 aromatic carbocycles. The average Bonchev–Trinajstić information content (AvgIpc) is 2.74. The van der Waals surface area contributed by atoms with Gasteiger partial charge < -0.3 is 20.1 Å². The molecule has 1 fully saturated rings. The fourth-order valence-electron chi connectivity index (χ4n) is 3.39. The predicted molar refractivity (Wildman–Crippen MR) is 118 cm³/mol. The Balaban J connectivity index is 0.000000262. The minimum atomic E-state index is -4.02. The van der Waals surface area contributed by atoms with E-state index in [0.717, 1.165) is 12.0 Å². The number of nitrogens with one attached hydrogen (secondary N) is 1. The third kappa shape index (κ3) is 7.62. The molecule has 0 aromatic heterocycles. The summed E-state index contributed by atoms with van der Waals surface area (Å²) >= 11 is 0.